The monoisotopic (exact) mass is 409 g/mol. The van der Waals surface area contributed by atoms with Gasteiger partial charge in [0.1, 0.15) is 16.8 Å². The van der Waals surface area contributed by atoms with Gasteiger partial charge >= 0.3 is 0 Å². The number of methoxy groups -OCH3 is 1. The van der Waals surface area contributed by atoms with Crippen molar-refractivity contribution in [3.05, 3.63) is 23.2 Å². The fourth-order valence-corrected chi connectivity index (χ4v) is 4.51. The molecule has 2 aromatic heterocycles. The van der Waals surface area contributed by atoms with Crippen molar-refractivity contribution in [3.8, 4) is 0 Å². The van der Waals surface area contributed by atoms with E-state index < -0.39 is 0 Å². The van der Waals surface area contributed by atoms with Gasteiger partial charge in [-0.05, 0) is 19.8 Å². The van der Waals surface area contributed by atoms with E-state index in [0.717, 1.165) is 66.6 Å². The zero-order valence-electron chi connectivity index (χ0n) is 15.8. The number of thioether (sulfide) groups is 1. The second-order valence-electron chi connectivity index (χ2n) is 6.20. The lowest BCUT2D eigenvalue weighted by Crippen LogP contribution is -2.47. The van der Waals surface area contributed by atoms with Gasteiger partial charge in [0.2, 0.25) is 0 Å². The number of hydrogen-bond donors (Lipinski definition) is 2. The van der Waals surface area contributed by atoms with E-state index in [1.54, 1.807) is 30.2 Å². The van der Waals surface area contributed by atoms with Crippen LogP contribution in [0.4, 0.5) is 0 Å². The Morgan fingerprint density at radius 3 is 3.22 bits per heavy atom. The summed E-state index contributed by atoms with van der Waals surface area (Å²) in [5.74, 6) is 3.71. The van der Waals surface area contributed by atoms with Crippen molar-refractivity contribution in [2.75, 3.05) is 26.0 Å². The Morgan fingerprint density at radius 2 is 2.44 bits per heavy atom. The highest BCUT2D eigenvalue weighted by Gasteiger charge is 2.22. The van der Waals surface area contributed by atoms with Crippen molar-refractivity contribution in [2.45, 2.75) is 49.7 Å². The smallest absolute Gasteiger partial charge is 0.191 e. The van der Waals surface area contributed by atoms with Gasteiger partial charge in [0.15, 0.2) is 11.8 Å². The molecule has 1 atom stereocenters. The molecule has 1 aliphatic rings. The molecule has 0 saturated carbocycles. The van der Waals surface area contributed by atoms with E-state index >= 15 is 0 Å². The van der Waals surface area contributed by atoms with Crippen molar-refractivity contribution in [2.24, 2.45) is 4.99 Å². The third-order valence-corrected chi connectivity index (χ3v) is 6.12. The van der Waals surface area contributed by atoms with Gasteiger partial charge in [-0.25, -0.2) is 14.6 Å². The lowest BCUT2D eigenvalue weighted by Gasteiger charge is -2.25. The van der Waals surface area contributed by atoms with E-state index in [4.69, 9.17) is 9.73 Å². The molecule has 0 amide bonds. The maximum Gasteiger partial charge on any atom is 0.191 e. The first kappa shape index (κ1) is 20.1. The van der Waals surface area contributed by atoms with Crippen molar-refractivity contribution in [1.29, 1.82) is 0 Å². The van der Waals surface area contributed by atoms with Gasteiger partial charge in [-0.15, -0.1) is 11.3 Å². The SMILES string of the molecule is CCNC(=NCCCSc1nccs1)NC1CCc2nc(COC)nn2C1. The quantitative estimate of drug-likeness (QED) is 0.283. The summed E-state index contributed by atoms with van der Waals surface area (Å²) >= 11 is 3.48. The average Bonchev–Trinajstić information content (AvgIpc) is 3.30. The fraction of sp³-hybridized carbons (Fsp3) is 0.647. The van der Waals surface area contributed by atoms with Gasteiger partial charge in [0.05, 0.1) is 6.54 Å². The summed E-state index contributed by atoms with van der Waals surface area (Å²) in [6.07, 6.45) is 4.81. The Bertz CT molecular complexity index is 717. The lowest BCUT2D eigenvalue weighted by molar-refractivity contribution is 0.177. The van der Waals surface area contributed by atoms with E-state index in [9.17, 15) is 0 Å². The number of guanidine groups is 1. The van der Waals surface area contributed by atoms with E-state index in [-0.39, 0.29) is 0 Å². The first-order valence-corrected chi connectivity index (χ1v) is 11.1. The van der Waals surface area contributed by atoms with Gasteiger partial charge in [0, 0.05) is 50.0 Å². The molecule has 0 bridgehead atoms. The number of aromatic nitrogens is 4. The number of aliphatic imine (C=N–C) groups is 1. The minimum absolute atomic E-state index is 0.303. The number of nitrogens with one attached hydrogen (secondary N) is 2. The largest absolute Gasteiger partial charge is 0.377 e. The summed E-state index contributed by atoms with van der Waals surface area (Å²) in [5, 5.41) is 13.4. The summed E-state index contributed by atoms with van der Waals surface area (Å²) in [6.45, 7) is 4.99. The Hall–Kier alpha value is -1.65. The van der Waals surface area contributed by atoms with Crippen LogP contribution in [-0.4, -0.2) is 57.7 Å². The zero-order valence-corrected chi connectivity index (χ0v) is 17.5. The maximum absolute atomic E-state index is 5.13. The summed E-state index contributed by atoms with van der Waals surface area (Å²) < 4.78 is 8.25. The number of rotatable bonds is 9. The first-order valence-electron chi connectivity index (χ1n) is 9.27. The van der Waals surface area contributed by atoms with Crippen LogP contribution < -0.4 is 10.6 Å². The van der Waals surface area contributed by atoms with Crippen LogP contribution in [0, 0.1) is 0 Å². The van der Waals surface area contributed by atoms with E-state index in [1.807, 2.05) is 16.3 Å². The van der Waals surface area contributed by atoms with E-state index in [1.165, 1.54) is 0 Å². The second-order valence-corrected chi connectivity index (χ2v) is 8.44. The van der Waals surface area contributed by atoms with Crippen molar-refractivity contribution in [3.63, 3.8) is 0 Å². The van der Waals surface area contributed by atoms with Gasteiger partial charge in [0.25, 0.3) is 0 Å². The molecule has 3 rings (SSSR count). The molecule has 2 N–H and O–H groups in total. The van der Waals surface area contributed by atoms with Crippen molar-refractivity contribution in [1.82, 2.24) is 30.4 Å². The highest BCUT2D eigenvalue weighted by Crippen LogP contribution is 2.20. The van der Waals surface area contributed by atoms with Gasteiger partial charge in [-0.2, -0.15) is 5.10 Å². The molecule has 0 spiro atoms. The number of hydrogen-bond acceptors (Lipinski definition) is 7. The third-order valence-electron chi connectivity index (χ3n) is 4.07. The highest BCUT2D eigenvalue weighted by atomic mass is 32.2. The minimum Gasteiger partial charge on any atom is -0.377 e. The molecule has 10 heteroatoms. The Balaban J connectivity index is 1.46. The van der Waals surface area contributed by atoms with Crippen LogP contribution in [0.15, 0.2) is 20.9 Å². The highest BCUT2D eigenvalue weighted by molar-refractivity contribution is 8.00. The van der Waals surface area contributed by atoms with Crippen LogP contribution in [0.3, 0.4) is 0 Å². The first-order chi connectivity index (χ1) is 13.3. The summed E-state index contributed by atoms with van der Waals surface area (Å²) in [5.41, 5.74) is 0. The van der Waals surface area contributed by atoms with Gasteiger partial charge in [-0.1, -0.05) is 11.8 Å². The van der Waals surface area contributed by atoms with Gasteiger partial charge in [-0.3, -0.25) is 4.99 Å². The van der Waals surface area contributed by atoms with Crippen LogP contribution in [0.2, 0.25) is 0 Å². The Kier molecular flexibility index (Phi) is 7.91. The van der Waals surface area contributed by atoms with E-state index in [2.05, 4.69) is 32.6 Å². The number of nitrogens with zero attached hydrogens (tertiary/aromatic N) is 5. The molecular weight excluding hydrogens is 382 g/mol. The molecule has 2 aromatic rings. The molecule has 3 heterocycles. The molecule has 1 unspecified atom stereocenters. The van der Waals surface area contributed by atoms with Crippen molar-refractivity contribution < 1.29 is 4.74 Å². The second kappa shape index (κ2) is 10.6. The number of fused-ring (bicyclic) bond motifs is 1. The molecular formula is C17H27N7OS2. The zero-order chi connectivity index (χ0) is 18.9. The molecule has 0 fully saturated rings. The van der Waals surface area contributed by atoms with E-state index in [0.29, 0.717) is 12.6 Å². The molecule has 8 nitrogen and oxygen atoms in total. The molecule has 0 radical (unpaired) electrons. The average molecular weight is 410 g/mol. The number of thiazole rings is 1. The van der Waals surface area contributed by atoms with Crippen molar-refractivity contribution >= 4 is 29.1 Å². The minimum atomic E-state index is 0.303. The molecule has 148 valence electrons. The molecule has 0 saturated heterocycles. The van der Waals surface area contributed by atoms with Crippen LogP contribution in [-0.2, 0) is 24.3 Å². The number of aryl methyl sites for hydroxylation is 1. The van der Waals surface area contributed by atoms with Crippen LogP contribution in [0.1, 0.15) is 31.4 Å². The van der Waals surface area contributed by atoms with Crippen LogP contribution >= 0.6 is 23.1 Å². The molecule has 0 aliphatic carbocycles. The summed E-state index contributed by atoms with van der Waals surface area (Å²) in [6, 6.07) is 0.303. The Morgan fingerprint density at radius 1 is 1.52 bits per heavy atom. The number of ether oxygens (including phenoxy) is 1. The van der Waals surface area contributed by atoms with Crippen LogP contribution in [0.25, 0.3) is 0 Å². The topological polar surface area (TPSA) is 89.2 Å². The maximum atomic E-state index is 5.13. The predicted molar refractivity (Wildman–Crippen MR) is 109 cm³/mol. The van der Waals surface area contributed by atoms with Crippen LogP contribution in [0.5, 0.6) is 0 Å². The molecule has 0 aromatic carbocycles. The third kappa shape index (κ3) is 6.18. The summed E-state index contributed by atoms with van der Waals surface area (Å²) in [7, 11) is 1.67. The Labute approximate surface area is 168 Å². The normalized spacial score (nSPS) is 17.0. The lowest BCUT2D eigenvalue weighted by atomic mass is 10.1. The molecule has 1 aliphatic heterocycles. The fourth-order valence-electron chi connectivity index (χ4n) is 2.88. The predicted octanol–water partition coefficient (Wildman–Crippen LogP) is 1.93. The van der Waals surface area contributed by atoms with Gasteiger partial charge < -0.3 is 15.4 Å². The molecule has 27 heavy (non-hydrogen) atoms. The standard InChI is InChI=1S/C17H27N7OS2/c1-3-18-16(19-7-4-9-26-17-20-8-10-27-17)21-13-5-6-15-22-14(12-25-2)23-24(15)11-13/h8,10,13H,3-7,9,11-12H2,1-2H3,(H2,18,19,21). The summed E-state index contributed by atoms with van der Waals surface area (Å²) in [4.78, 5) is 13.5.